The summed E-state index contributed by atoms with van der Waals surface area (Å²) in [5, 5.41) is 12.7. The molecule has 0 aliphatic rings. The van der Waals surface area contributed by atoms with Crippen LogP contribution in [0, 0.1) is 11.3 Å². The average molecular weight is 271 g/mol. The highest BCUT2D eigenvalue weighted by atomic mass is 16.5. The molecule has 0 saturated carbocycles. The predicted octanol–water partition coefficient (Wildman–Crippen LogP) is 1.76. The van der Waals surface area contributed by atoms with Gasteiger partial charge in [0.05, 0.1) is 13.2 Å². The van der Waals surface area contributed by atoms with E-state index in [1.54, 1.807) is 0 Å². The lowest BCUT2D eigenvalue weighted by Gasteiger charge is -2.15. The minimum Gasteiger partial charge on any atom is -0.468 e. The first kappa shape index (κ1) is 14.1. The number of carbonyl (C=O) groups excluding carboxylic acids is 1. The van der Waals surface area contributed by atoms with Crippen LogP contribution in [0.2, 0.25) is 0 Å². The molecule has 2 rings (SSSR count). The van der Waals surface area contributed by atoms with Crippen molar-refractivity contribution < 1.29 is 9.53 Å². The van der Waals surface area contributed by atoms with Crippen LogP contribution in [0.1, 0.15) is 12.0 Å². The summed E-state index contributed by atoms with van der Waals surface area (Å²) in [6.45, 7) is 0.471. The van der Waals surface area contributed by atoms with E-state index in [4.69, 9.17) is 10.00 Å². The lowest BCUT2D eigenvalue weighted by atomic mass is 10.0. The van der Waals surface area contributed by atoms with Crippen molar-refractivity contribution >= 4 is 16.9 Å². The Morgan fingerprint density at radius 2 is 2.30 bits per heavy atom. The van der Waals surface area contributed by atoms with E-state index >= 15 is 0 Å². The van der Waals surface area contributed by atoms with Crippen LogP contribution in [0.5, 0.6) is 0 Å². The molecule has 0 bridgehead atoms. The molecule has 0 saturated heterocycles. The number of hydrogen-bond donors (Lipinski definition) is 2. The quantitative estimate of drug-likeness (QED) is 0.620. The Labute approximate surface area is 117 Å². The fourth-order valence-corrected chi connectivity index (χ4v) is 2.20. The van der Waals surface area contributed by atoms with Gasteiger partial charge in [-0.15, -0.1) is 0 Å². The monoisotopic (exact) mass is 271 g/mol. The molecule has 1 atom stereocenters. The van der Waals surface area contributed by atoms with Gasteiger partial charge in [-0.3, -0.25) is 4.79 Å². The van der Waals surface area contributed by atoms with E-state index in [0.717, 1.165) is 16.5 Å². The summed E-state index contributed by atoms with van der Waals surface area (Å²) < 4.78 is 4.81. The van der Waals surface area contributed by atoms with E-state index in [9.17, 15) is 4.79 Å². The van der Waals surface area contributed by atoms with E-state index in [0.29, 0.717) is 19.4 Å². The Balaban J connectivity index is 2.14. The second-order valence-electron chi connectivity index (χ2n) is 4.50. The molecule has 0 aliphatic carbocycles. The number of aromatic nitrogens is 1. The van der Waals surface area contributed by atoms with Gasteiger partial charge in [0, 0.05) is 36.5 Å². The molecule has 20 heavy (non-hydrogen) atoms. The topological polar surface area (TPSA) is 77.9 Å². The van der Waals surface area contributed by atoms with Crippen molar-refractivity contribution in [3.63, 3.8) is 0 Å². The fraction of sp³-hybridized carbons (Fsp3) is 0.333. The number of carbonyl (C=O) groups is 1. The first-order valence-corrected chi connectivity index (χ1v) is 6.49. The summed E-state index contributed by atoms with van der Waals surface area (Å²) in [6.07, 6.45) is 2.80. The number of rotatable bonds is 6. The van der Waals surface area contributed by atoms with E-state index in [1.807, 2.05) is 36.5 Å². The number of nitrogens with zero attached hydrogens (tertiary/aromatic N) is 1. The average Bonchev–Trinajstić information content (AvgIpc) is 2.89. The Bertz CT molecular complexity index is 627. The smallest absolute Gasteiger partial charge is 0.323 e. The normalized spacial score (nSPS) is 12.0. The van der Waals surface area contributed by atoms with Gasteiger partial charge in [-0.25, -0.2) is 0 Å². The maximum absolute atomic E-state index is 11.8. The Morgan fingerprint density at radius 3 is 3.05 bits per heavy atom. The highest BCUT2D eigenvalue weighted by molar-refractivity contribution is 5.84. The van der Waals surface area contributed by atoms with Gasteiger partial charge in [0.1, 0.15) is 6.04 Å². The molecule has 1 unspecified atom stereocenters. The van der Waals surface area contributed by atoms with Crippen LogP contribution in [-0.4, -0.2) is 30.6 Å². The molecule has 0 spiro atoms. The molecule has 2 aromatic rings. The molecule has 1 aromatic heterocycles. The number of H-pyrrole nitrogens is 1. The highest BCUT2D eigenvalue weighted by Gasteiger charge is 2.20. The van der Waals surface area contributed by atoms with Crippen LogP contribution in [-0.2, 0) is 16.0 Å². The predicted molar refractivity (Wildman–Crippen MR) is 76.0 cm³/mol. The molecule has 0 aliphatic heterocycles. The standard InChI is InChI=1S/C15H17N3O2/c1-20-15(19)14(17-8-4-7-16)9-11-10-18-13-6-3-2-5-12(11)13/h2-3,5-6,10,14,17-18H,4,8-9H2,1H3. The van der Waals surface area contributed by atoms with Gasteiger partial charge >= 0.3 is 5.97 Å². The van der Waals surface area contributed by atoms with E-state index in [-0.39, 0.29) is 5.97 Å². The van der Waals surface area contributed by atoms with Gasteiger partial charge in [0.25, 0.3) is 0 Å². The number of fused-ring (bicyclic) bond motifs is 1. The third kappa shape index (κ3) is 3.16. The van der Waals surface area contributed by atoms with Gasteiger partial charge in [-0.05, 0) is 11.6 Å². The van der Waals surface area contributed by atoms with E-state index < -0.39 is 6.04 Å². The summed E-state index contributed by atoms with van der Waals surface area (Å²) >= 11 is 0. The number of nitriles is 1. The van der Waals surface area contributed by atoms with Gasteiger partial charge < -0.3 is 15.0 Å². The Kier molecular flexibility index (Phi) is 4.75. The lowest BCUT2D eigenvalue weighted by Crippen LogP contribution is -2.39. The largest absolute Gasteiger partial charge is 0.468 e. The number of para-hydroxylation sites is 1. The summed E-state index contributed by atoms with van der Waals surface area (Å²) in [5.74, 6) is -0.312. The highest BCUT2D eigenvalue weighted by Crippen LogP contribution is 2.19. The zero-order chi connectivity index (χ0) is 14.4. The third-order valence-electron chi connectivity index (χ3n) is 3.21. The first-order valence-electron chi connectivity index (χ1n) is 6.49. The molecule has 1 aromatic carbocycles. The maximum atomic E-state index is 11.8. The van der Waals surface area contributed by atoms with E-state index in [2.05, 4.69) is 10.3 Å². The van der Waals surface area contributed by atoms with Crippen molar-refractivity contribution in [2.24, 2.45) is 0 Å². The molecular weight excluding hydrogens is 254 g/mol. The van der Waals surface area contributed by atoms with Crippen molar-refractivity contribution in [3.05, 3.63) is 36.0 Å². The Morgan fingerprint density at radius 1 is 1.50 bits per heavy atom. The van der Waals surface area contributed by atoms with Crippen LogP contribution >= 0.6 is 0 Å². The van der Waals surface area contributed by atoms with Gasteiger partial charge in [-0.2, -0.15) is 5.26 Å². The third-order valence-corrected chi connectivity index (χ3v) is 3.21. The lowest BCUT2D eigenvalue weighted by molar-refractivity contribution is -0.143. The summed E-state index contributed by atoms with van der Waals surface area (Å²) in [4.78, 5) is 15.0. The zero-order valence-electron chi connectivity index (χ0n) is 11.3. The number of ether oxygens (including phenoxy) is 1. The van der Waals surface area contributed by atoms with Crippen molar-refractivity contribution in [3.8, 4) is 6.07 Å². The molecule has 0 fully saturated rings. The number of esters is 1. The SMILES string of the molecule is COC(=O)C(Cc1c[nH]c2ccccc12)NCCC#N. The fourth-order valence-electron chi connectivity index (χ4n) is 2.20. The molecule has 5 heteroatoms. The molecule has 104 valence electrons. The maximum Gasteiger partial charge on any atom is 0.323 e. The van der Waals surface area contributed by atoms with Crippen molar-refractivity contribution in [1.82, 2.24) is 10.3 Å². The second kappa shape index (κ2) is 6.73. The molecular formula is C15H17N3O2. The van der Waals surface area contributed by atoms with Crippen LogP contribution in [0.3, 0.4) is 0 Å². The summed E-state index contributed by atoms with van der Waals surface area (Å²) in [6, 6.07) is 9.56. The van der Waals surface area contributed by atoms with Gasteiger partial charge in [0.15, 0.2) is 0 Å². The molecule has 1 heterocycles. The summed E-state index contributed by atoms with van der Waals surface area (Å²) in [7, 11) is 1.37. The minimum atomic E-state index is -0.437. The van der Waals surface area contributed by atoms with Gasteiger partial charge in [-0.1, -0.05) is 18.2 Å². The number of nitrogens with one attached hydrogen (secondary N) is 2. The van der Waals surface area contributed by atoms with Crippen molar-refractivity contribution in [2.75, 3.05) is 13.7 Å². The molecule has 0 amide bonds. The minimum absolute atomic E-state index is 0.312. The number of hydrogen-bond acceptors (Lipinski definition) is 4. The zero-order valence-corrected chi connectivity index (χ0v) is 11.3. The van der Waals surface area contributed by atoms with Gasteiger partial charge in [0.2, 0.25) is 0 Å². The van der Waals surface area contributed by atoms with Crippen molar-refractivity contribution in [2.45, 2.75) is 18.9 Å². The molecule has 5 nitrogen and oxygen atoms in total. The first-order chi connectivity index (χ1) is 9.76. The van der Waals surface area contributed by atoms with Crippen LogP contribution in [0.15, 0.2) is 30.5 Å². The summed E-state index contributed by atoms with van der Waals surface area (Å²) in [5.41, 5.74) is 2.10. The number of aromatic amines is 1. The number of methoxy groups -OCH3 is 1. The van der Waals surface area contributed by atoms with Crippen LogP contribution in [0.4, 0.5) is 0 Å². The Hall–Kier alpha value is -2.32. The number of benzene rings is 1. The second-order valence-corrected chi connectivity index (χ2v) is 4.50. The van der Waals surface area contributed by atoms with Crippen LogP contribution in [0.25, 0.3) is 10.9 Å². The molecule has 2 N–H and O–H groups in total. The molecule has 0 radical (unpaired) electrons. The van der Waals surface area contributed by atoms with Crippen LogP contribution < -0.4 is 5.32 Å². The van der Waals surface area contributed by atoms with Crippen molar-refractivity contribution in [1.29, 1.82) is 5.26 Å². The van der Waals surface area contributed by atoms with E-state index in [1.165, 1.54) is 7.11 Å².